The van der Waals surface area contributed by atoms with Gasteiger partial charge in [-0.3, -0.25) is 0 Å². The highest BCUT2D eigenvalue weighted by atomic mass is 16.5. The first-order valence-corrected chi connectivity index (χ1v) is 7.14. The standard InChI is InChI=1S/C18H16O5/c1-22-16-9-13(20)6-7-14(16)15-10-18(21)23-17(15)8-11-2-4-12(19)5-3-11/h2-7,9-10,17,19-20H,8H2,1H3. The zero-order valence-electron chi connectivity index (χ0n) is 12.5. The third kappa shape index (κ3) is 3.13. The van der Waals surface area contributed by atoms with Crippen molar-refractivity contribution >= 4 is 11.5 Å². The maximum absolute atomic E-state index is 11.7. The van der Waals surface area contributed by atoms with Crippen LogP contribution in [0.1, 0.15) is 11.1 Å². The van der Waals surface area contributed by atoms with Crippen LogP contribution in [0.5, 0.6) is 17.2 Å². The molecule has 2 N–H and O–H groups in total. The van der Waals surface area contributed by atoms with Crippen molar-refractivity contribution in [1.82, 2.24) is 0 Å². The van der Waals surface area contributed by atoms with Crippen LogP contribution in [0.2, 0.25) is 0 Å². The van der Waals surface area contributed by atoms with Gasteiger partial charge in [-0.2, -0.15) is 0 Å². The molecule has 0 spiro atoms. The highest BCUT2D eigenvalue weighted by molar-refractivity contribution is 5.98. The Kier molecular flexibility index (Phi) is 3.93. The molecule has 0 radical (unpaired) electrons. The van der Waals surface area contributed by atoms with Gasteiger partial charge in [-0.15, -0.1) is 0 Å². The van der Waals surface area contributed by atoms with Gasteiger partial charge in [0.1, 0.15) is 23.4 Å². The first-order chi connectivity index (χ1) is 11.1. The van der Waals surface area contributed by atoms with Gasteiger partial charge in [0, 0.05) is 29.7 Å². The fourth-order valence-electron chi connectivity index (χ4n) is 2.62. The van der Waals surface area contributed by atoms with Gasteiger partial charge in [0.2, 0.25) is 0 Å². The van der Waals surface area contributed by atoms with Crippen molar-refractivity contribution < 1.29 is 24.5 Å². The Morgan fingerprint density at radius 3 is 2.48 bits per heavy atom. The highest BCUT2D eigenvalue weighted by Crippen LogP contribution is 2.36. The predicted molar refractivity (Wildman–Crippen MR) is 84.3 cm³/mol. The van der Waals surface area contributed by atoms with Gasteiger partial charge in [0.15, 0.2) is 0 Å². The molecule has 1 aliphatic rings. The van der Waals surface area contributed by atoms with E-state index in [9.17, 15) is 15.0 Å². The second-order valence-electron chi connectivity index (χ2n) is 5.28. The number of ether oxygens (including phenoxy) is 2. The summed E-state index contributed by atoms with van der Waals surface area (Å²) in [4.78, 5) is 11.7. The van der Waals surface area contributed by atoms with E-state index in [1.807, 2.05) is 0 Å². The maximum atomic E-state index is 11.7. The van der Waals surface area contributed by atoms with Crippen LogP contribution in [0, 0.1) is 0 Å². The minimum Gasteiger partial charge on any atom is -0.508 e. The van der Waals surface area contributed by atoms with Gasteiger partial charge in [0.25, 0.3) is 0 Å². The summed E-state index contributed by atoms with van der Waals surface area (Å²) in [6.07, 6.45) is 1.49. The lowest BCUT2D eigenvalue weighted by molar-refractivity contribution is -0.138. The van der Waals surface area contributed by atoms with Gasteiger partial charge in [-0.25, -0.2) is 4.79 Å². The van der Waals surface area contributed by atoms with Crippen molar-refractivity contribution in [2.75, 3.05) is 7.11 Å². The lowest BCUT2D eigenvalue weighted by Crippen LogP contribution is -2.15. The van der Waals surface area contributed by atoms with E-state index in [2.05, 4.69) is 0 Å². The first-order valence-electron chi connectivity index (χ1n) is 7.14. The molecule has 1 heterocycles. The number of hydrogen-bond acceptors (Lipinski definition) is 5. The van der Waals surface area contributed by atoms with Gasteiger partial charge in [-0.05, 0) is 29.8 Å². The molecule has 0 aliphatic carbocycles. The number of rotatable bonds is 4. The van der Waals surface area contributed by atoms with E-state index in [1.165, 1.54) is 19.3 Å². The maximum Gasteiger partial charge on any atom is 0.331 e. The number of benzene rings is 2. The molecule has 0 bridgehead atoms. The highest BCUT2D eigenvalue weighted by Gasteiger charge is 2.29. The quantitative estimate of drug-likeness (QED) is 0.849. The second kappa shape index (κ2) is 6.04. The van der Waals surface area contributed by atoms with Crippen molar-refractivity contribution in [3.05, 3.63) is 59.7 Å². The van der Waals surface area contributed by atoms with Crippen LogP contribution in [0.4, 0.5) is 0 Å². The van der Waals surface area contributed by atoms with Gasteiger partial charge < -0.3 is 19.7 Å². The van der Waals surface area contributed by atoms with Crippen LogP contribution in [0.3, 0.4) is 0 Å². The van der Waals surface area contributed by atoms with E-state index in [4.69, 9.17) is 9.47 Å². The number of phenolic OH excluding ortho intramolecular Hbond substituents is 2. The monoisotopic (exact) mass is 312 g/mol. The Balaban J connectivity index is 1.92. The number of esters is 1. The summed E-state index contributed by atoms with van der Waals surface area (Å²) in [7, 11) is 1.51. The van der Waals surface area contributed by atoms with E-state index in [0.29, 0.717) is 23.3 Å². The van der Waals surface area contributed by atoms with E-state index < -0.39 is 12.1 Å². The molecular formula is C18H16O5. The fourth-order valence-corrected chi connectivity index (χ4v) is 2.62. The Labute approximate surface area is 133 Å². The van der Waals surface area contributed by atoms with Crippen LogP contribution in [0.15, 0.2) is 48.5 Å². The summed E-state index contributed by atoms with van der Waals surface area (Å²) < 4.78 is 10.7. The van der Waals surface area contributed by atoms with Crippen molar-refractivity contribution in [2.45, 2.75) is 12.5 Å². The predicted octanol–water partition coefficient (Wildman–Crippen LogP) is 2.66. The number of carbonyl (C=O) groups excluding carboxylic acids is 1. The number of carbonyl (C=O) groups is 1. The minimum atomic E-state index is -0.439. The van der Waals surface area contributed by atoms with E-state index >= 15 is 0 Å². The Hall–Kier alpha value is -2.95. The molecule has 3 rings (SSSR count). The van der Waals surface area contributed by atoms with Crippen LogP contribution >= 0.6 is 0 Å². The van der Waals surface area contributed by atoms with Crippen LogP contribution < -0.4 is 4.74 Å². The van der Waals surface area contributed by atoms with Crippen molar-refractivity contribution in [2.24, 2.45) is 0 Å². The zero-order valence-corrected chi connectivity index (χ0v) is 12.5. The van der Waals surface area contributed by atoms with Gasteiger partial charge >= 0.3 is 5.97 Å². The molecule has 0 saturated heterocycles. The molecule has 5 nitrogen and oxygen atoms in total. The summed E-state index contributed by atoms with van der Waals surface area (Å²) >= 11 is 0. The SMILES string of the molecule is COc1cc(O)ccc1C1=CC(=O)OC1Cc1ccc(O)cc1. The molecule has 1 unspecified atom stereocenters. The Bertz CT molecular complexity index is 761. The molecule has 0 fully saturated rings. The molecule has 2 aromatic rings. The number of cyclic esters (lactones) is 1. The lowest BCUT2D eigenvalue weighted by atomic mass is 9.95. The summed E-state index contributed by atoms with van der Waals surface area (Å²) in [6, 6.07) is 11.5. The summed E-state index contributed by atoms with van der Waals surface area (Å²) in [5.41, 5.74) is 2.35. The van der Waals surface area contributed by atoms with Crippen molar-refractivity contribution in [1.29, 1.82) is 0 Å². The lowest BCUT2D eigenvalue weighted by Gasteiger charge is -2.17. The molecule has 2 aromatic carbocycles. The molecule has 0 aromatic heterocycles. The summed E-state index contributed by atoms with van der Waals surface area (Å²) in [5, 5.41) is 18.9. The minimum absolute atomic E-state index is 0.0894. The first kappa shape index (κ1) is 15.0. The molecular weight excluding hydrogens is 296 g/mol. The third-order valence-electron chi connectivity index (χ3n) is 3.73. The number of hydrogen-bond donors (Lipinski definition) is 2. The molecule has 1 aliphatic heterocycles. The fraction of sp³-hybridized carbons (Fsp3) is 0.167. The van der Waals surface area contributed by atoms with E-state index in [-0.39, 0.29) is 11.5 Å². The Morgan fingerprint density at radius 1 is 1.09 bits per heavy atom. The molecule has 118 valence electrons. The van der Waals surface area contributed by atoms with Crippen LogP contribution in [-0.2, 0) is 16.0 Å². The van der Waals surface area contributed by atoms with E-state index in [0.717, 1.165) is 5.56 Å². The molecule has 0 amide bonds. The number of methoxy groups -OCH3 is 1. The number of phenols is 2. The van der Waals surface area contributed by atoms with Crippen LogP contribution in [-0.4, -0.2) is 29.4 Å². The van der Waals surface area contributed by atoms with Gasteiger partial charge in [0.05, 0.1) is 7.11 Å². The van der Waals surface area contributed by atoms with Gasteiger partial charge in [-0.1, -0.05) is 12.1 Å². The summed E-state index contributed by atoms with van der Waals surface area (Å²) in [5.74, 6) is 0.351. The molecule has 23 heavy (non-hydrogen) atoms. The largest absolute Gasteiger partial charge is 0.508 e. The second-order valence-corrected chi connectivity index (χ2v) is 5.28. The van der Waals surface area contributed by atoms with Crippen molar-refractivity contribution in [3.63, 3.8) is 0 Å². The number of aromatic hydroxyl groups is 2. The topological polar surface area (TPSA) is 76.0 Å². The van der Waals surface area contributed by atoms with E-state index in [1.54, 1.807) is 36.4 Å². The molecule has 5 heteroatoms. The molecule has 1 atom stereocenters. The van der Waals surface area contributed by atoms with Crippen LogP contribution in [0.25, 0.3) is 5.57 Å². The summed E-state index contributed by atoms with van der Waals surface area (Å²) in [6.45, 7) is 0. The van der Waals surface area contributed by atoms with Crippen molar-refractivity contribution in [3.8, 4) is 17.2 Å². The normalized spacial score (nSPS) is 16.8. The molecule has 0 saturated carbocycles. The Morgan fingerprint density at radius 2 is 1.78 bits per heavy atom. The third-order valence-corrected chi connectivity index (χ3v) is 3.73. The zero-order chi connectivity index (χ0) is 16.4. The smallest absolute Gasteiger partial charge is 0.331 e. The average Bonchev–Trinajstić information content (AvgIpc) is 2.89. The average molecular weight is 312 g/mol.